The van der Waals surface area contributed by atoms with Gasteiger partial charge < -0.3 is 14.9 Å². The summed E-state index contributed by atoms with van der Waals surface area (Å²) in [6.07, 6.45) is 3.54. The second-order valence-corrected chi connectivity index (χ2v) is 6.68. The van der Waals surface area contributed by atoms with Crippen LogP contribution in [0, 0.1) is 6.92 Å². The van der Waals surface area contributed by atoms with Gasteiger partial charge in [-0.1, -0.05) is 5.16 Å². The zero-order chi connectivity index (χ0) is 19.4. The maximum absolute atomic E-state index is 12.1. The summed E-state index contributed by atoms with van der Waals surface area (Å²) >= 11 is 1.05. The Morgan fingerprint density at radius 1 is 1.26 bits per heavy atom. The molecule has 0 aliphatic carbocycles. The van der Waals surface area contributed by atoms with E-state index in [2.05, 4.69) is 30.4 Å². The predicted molar refractivity (Wildman–Crippen MR) is 94.0 cm³/mol. The van der Waals surface area contributed by atoms with E-state index in [0.717, 1.165) is 11.3 Å². The van der Waals surface area contributed by atoms with Crippen molar-refractivity contribution in [2.75, 3.05) is 0 Å². The minimum atomic E-state index is -1.02. The van der Waals surface area contributed by atoms with Gasteiger partial charge in [0.1, 0.15) is 9.88 Å². The number of aryl methyl sites for hydroxylation is 2. The van der Waals surface area contributed by atoms with Crippen molar-refractivity contribution in [1.29, 1.82) is 0 Å². The summed E-state index contributed by atoms with van der Waals surface area (Å²) in [5.41, 5.74) is 0.435. The second-order valence-electron chi connectivity index (χ2n) is 5.65. The molecule has 11 heteroatoms. The van der Waals surface area contributed by atoms with Crippen LogP contribution in [0.4, 0.5) is 0 Å². The summed E-state index contributed by atoms with van der Waals surface area (Å²) in [7, 11) is 0. The van der Waals surface area contributed by atoms with E-state index in [1.807, 2.05) is 0 Å². The molecule has 0 saturated carbocycles. The van der Waals surface area contributed by atoms with Crippen LogP contribution in [0.2, 0.25) is 0 Å². The van der Waals surface area contributed by atoms with Gasteiger partial charge in [0.25, 0.3) is 0 Å². The van der Waals surface area contributed by atoms with Gasteiger partial charge in [0.05, 0.1) is 11.7 Å². The molecule has 1 unspecified atom stereocenters. The largest absolute Gasteiger partial charge is 0.477 e. The normalized spacial score (nSPS) is 11.9. The van der Waals surface area contributed by atoms with E-state index in [9.17, 15) is 9.59 Å². The lowest BCUT2D eigenvalue weighted by Gasteiger charge is -2.10. The van der Waals surface area contributed by atoms with Crippen molar-refractivity contribution in [3.05, 3.63) is 39.9 Å². The standard InChI is InChI=1S/C16H16N6O4S/c1-8-12(16(24)25)27-15(20-8)9(2)19-10(23)4-5-11-21-14(22-26-11)13-17-6-3-7-18-13/h3,6-7,9H,4-5H2,1-2H3,(H,19,23)(H,24,25). The number of hydrogen-bond acceptors (Lipinski definition) is 9. The fourth-order valence-corrected chi connectivity index (χ4v) is 3.17. The third-order valence-corrected chi connectivity index (χ3v) is 4.88. The van der Waals surface area contributed by atoms with Gasteiger partial charge in [0, 0.05) is 25.2 Å². The Labute approximate surface area is 157 Å². The van der Waals surface area contributed by atoms with Crippen molar-refractivity contribution >= 4 is 23.2 Å². The molecule has 0 spiro atoms. The molecule has 3 aromatic rings. The van der Waals surface area contributed by atoms with E-state index in [1.165, 1.54) is 0 Å². The highest BCUT2D eigenvalue weighted by Gasteiger charge is 2.19. The van der Waals surface area contributed by atoms with Gasteiger partial charge in [-0.3, -0.25) is 4.79 Å². The molecular formula is C16H16N6O4S. The molecule has 0 saturated heterocycles. The lowest BCUT2D eigenvalue weighted by atomic mass is 10.2. The van der Waals surface area contributed by atoms with Gasteiger partial charge in [0.15, 0.2) is 0 Å². The molecule has 3 rings (SSSR count). The monoisotopic (exact) mass is 388 g/mol. The van der Waals surface area contributed by atoms with Crippen LogP contribution in [-0.2, 0) is 11.2 Å². The maximum Gasteiger partial charge on any atom is 0.347 e. The van der Waals surface area contributed by atoms with Gasteiger partial charge in [-0.2, -0.15) is 4.98 Å². The summed E-state index contributed by atoms with van der Waals surface area (Å²) in [6.45, 7) is 3.38. The molecule has 0 bridgehead atoms. The first-order valence-corrected chi connectivity index (χ1v) is 8.85. The quantitative estimate of drug-likeness (QED) is 0.619. The molecule has 10 nitrogen and oxygen atoms in total. The fraction of sp³-hybridized carbons (Fsp3) is 0.312. The molecular weight excluding hydrogens is 372 g/mol. The van der Waals surface area contributed by atoms with Crippen molar-refractivity contribution in [3.63, 3.8) is 0 Å². The topological polar surface area (TPSA) is 144 Å². The highest BCUT2D eigenvalue weighted by atomic mass is 32.1. The lowest BCUT2D eigenvalue weighted by Crippen LogP contribution is -2.26. The number of aromatic carboxylic acids is 1. The number of aromatic nitrogens is 5. The van der Waals surface area contributed by atoms with Crippen molar-refractivity contribution in [1.82, 2.24) is 30.4 Å². The molecule has 0 aliphatic heterocycles. The van der Waals surface area contributed by atoms with Crippen molar-refractivity contribution < 1.29 is 19.2 Å². The van der Waals surface area contributed by atoms with E-state index in [0.29, 0.717) is 22.4 Å². The fourth-order valence-electron chi connectivity index (χ4n) is 2.26. The Morgan fingerprint density at radius 2 is 2.00 bits per heavy atom. The smallest absolute Gasteiger partial charge is 0.347 e. The first kappa shape index (κ1) is 18.6. The van der Waals surface area contributed by atoms with E-state index in [-0.39, 0.29) is 29.5 Å². The van der Waals surface area contributed by atoms with Crippen molar-refractivity contribution in [2.24, 2.45) is 0 Å². The van der Waals surface area contributed by atoms with E-state index in [4.69, 9.17) is 9.63 Å². The number of rotatable bonds is 7. The number of carbonyl (C=O) groups excluding carboxylic acids is 1. The number of carbonyl (C=O) groups is 2. The Hall–Kier alpha value is -3.21. The number of hydrogen-bond donors (Lipinski definition) is 2. The average Bonchev–Trinajstić information content (AvgIpc) is 3.27. The summed E-state index contributed by atoms with van der Waals surface area (Å²) in [6, 6.07) is 1.28. The molecule has 1 atom stereocenters. The number of amides is 1. The molecule has 0 aliphatic rings. The van der Waals surface area contributed by atoms with Crippen LogP contribution in [0.15, 0.2) is 23.0 Å². The highest BCUT2D eigenvalue weighted by molar-refractivity contribution is 7.13. The lowest BCUT2D eigenvalue weighted by molar-refractivity contribution is -0.121. The number of nitrogens with one attached hydrogen (secondary N) is 1. The van der Waals surface area contributed by atoms with Crippen LogP contribution in [-0.4, -0.2) is 42.1 Å². The van der Waals surface area contributed by atoms with Gasteiger partial charge in [-0.15, -0.1) is 11.3 Å². The first-order valence-electron chi connectivity index (χ1n) is 8.04. The zero-order valence-electron chi connectivity index (χ0n) is 14.5. The summed E-state index contributed by atoms with van der Waals surface area (Å²) < 4.78 is 5.11. The second kappa shape index (κ2) is 7.99. The number of thiazole rings is 1. The first-order chi connectivity index (χ1) is 12.9. The van der Waals surface area contributed by atoms with Gasteiger partial charge in [-0.05, 0) is 19.9 Å². The minimum absolute atomic E-state index is 0.137. The van der Waals surface area contributed by atoms with E-state index in [1.54, 1.807) is 32.3 Å². The van der Waals surface area contributed by atoms with Gasteiger partial charge in [-0.25, -0.2) is 19.7 Å². The summed E-state index contributed by atoms with van der Waals surface area (Å²) in [5.74, 6) is -0.344. The molecule has 0 aromatic carbocycles. The van der Waals surface area contributed by atoms with Crippen LogP contribution in [0.5, 0.6) is 0 Å². The molecule has 2 N–H and O–H groups in total. The SMILES string of the molecule is Cc1nc(C(C)NC(=O)CCc2nc(-c3ncccn3)no2)sc1C(=O)O. The van der Waals surface area contributed by atoms with Crippen molar-refractivity contribution in [3.8, 4) is 11.6 Å². The minimum Gasteiger partial charge on any atom is -0.477 e. The number of carboxylic acids is 1. The average molecular weight is 388 g/mol. The molecule has 140 valence electrons. The zero-order valence-corrected chi connectivity index (χ0v) is 15.4. The van der Waals surface area contributed by atoms with Crippen LogP contribution in [0.1, 0.15) is 45.7 Å². The van der Waals surface area contributed by atoms with Crippen LogP contribution in [0.3, 0.4) is 0 Å². The van der Waals surface area contributed by atoms with Crippen LogP contribution < -0.4 is 5.32 Å². The van der Waals surface area contributed by atoms with E-state index >= 15 is 0 Å². The third-order valence-electron chi connectivity index (χ3n) is 3.56. The summed E-state index contributed by atoms with van der Waals surface area (Å²) in [5, 5.41) is 16.2. The molecule has 0 fully saturated rings. The molecule has 0 radical (unpaired) electrons. The Morgan fingerprint density at radius 3 is 2.67 bits per heavy atom. The number of nitrogens with zero attached hydrogens (tertiary/aromatic N) is 5. The summed E-state index contributed by atoms with van der Waals surface area (Å²) in [4.78, 5) is 39.8. The Balaban J connectivity index is 1.55. The Bertz CT molecular complexity index is 955. The van der Waals surface area contributed by atoms with Crippen LogP contribution >= 0.6 is 11.3 Å². The Kier molecular flexibility index (Phi) is 5.50. The maximum atomic E-state index is 12.1. The molecule has 3 heterocycles. The van der Waals surface area contributed by atoms with Gasteiger partial charge >= 0.3 is 5.97 Å². The number of carboxylic acid groups (broad SMARTS) is 1. The van der Waals surface area contributed by atoms with E-state index < -0.39 is 12.0 Å². The van der Waals surface area contributed by atoms with Crippen molar-refractivity contribution in [2.45, 2.75) is 32.7 Å². The van der Waals surface area contributed by atoms with Gasteiger partial charge in [0.2, 0.25) is 23.4 Å². The molecule has 1 amide bonds. The molecule has 27 heavy (non-hydrogen) atoms. The highest BCUT2D eigenvalue weighted by Crippen LogP contribution is 2.23. The predicted octanol–water partition coefficient (Wildman–Crippen LogP) is 1.80. The third kappa shape index (κ3) is 4.50. The van der Waals surface area contributed by atoms with Crippen LogP contribution in [0.25, 0.3) is 11.6 Å². The molecule has 3 aromatic heterocycles.